The van der Waals surface area contributed by atoms with Gasteiger partial charge >= 0.3 is 0 Å². The van der Waals surface area contributed by atoms with E-state index in [0.717, 1.165) is 22.1 Å². The number of hydrogen-bond acceptors (Lipinski definition) is 3. The zero-order valence-corrected chi connectivity index (χ0v) is 15.2. The molecule has 0 aliphatic rings. The summed E-state index contributed by atoms with van der Waals surface area (Å²) in [6.45, 7) is 0. The van der Waals surface area contributed by atoms with Crippen molar-refractivity contribution < 1.29 is 13.2 Å². The Bertz CT molecular complexity index is 1210. The smallest absolute Gasteiger partial charge is 0.238 e. The number of fused-ring (bicyclic) bond motifs is 1. The Morgan fingerprint density at radius 3 is 2.15 bits per heavy atom. The van der Waals surface area contributed by atoms with Gasteiger partial charge in [0.25, 0.3) is 0 Å². The van der Waals surface area contributed by atoms with E-state index in [1.54, 1.807) is 18.2 Å². The normalized spacial score (nSPS) is 11.4. The summed E-state index contributed by atoms with van der Waals surface area (Å²) in [6.07, 6.45) is 0. The second-order valence-electron chi connectivity index (χ2n) is 6.14. The Morgan fingerprint density at radius 1 is 0.704 bits per heavy atom. The van der Waals surface area contributed by atoms with E-state index in [9.17, 15) is 8.42 Å². The monoisotopic (exact) mass is 375 g/mol. The molecule has 0 fully saturated rings. The minimum atomic E-state index is -3.80. The summed E-state index contributed by atoms with van der Waals surface area (Å²) in [4.78, 5) is 0.104. The molecule has 0 aliphatic carbocycles. The average Bonchev–Trinajstić information content (AvgIpc) is 2.68. The number of hydrogen-bond donors (Lipinski definition) is 1. The van der Waals surface area contributed by atoms with Crippen molar-refractivity contribution in [2.75, 3.05) is 0 Å². The van der Waals surface area contributed by atoms with Gasteiger partial charge in [-0.15, -0.1) is 0 Å². The van der Waals surface area contributed by atoms with Crippen LogP contribution in [0.3, 0.4) is 0 Å². The molecule has 0 aliphatic heterocycles. The second-order valence-corrected chi connectivity index (χ2v) is 7.67. The molecule has 0 radical (unpaired) electrons. The van der Waals surface area contributed by atoms with Crippen molar-refractivity contribution in [3.63, 3.8) is 0 Å². The van der Waals surface area contributed by atoms with E-state index in [4.69, 9.17) is 9.88 Å². The Morgan fingerprint density at radius 2 is 1.37 bits per heavy atom. The Hall–Kier alpha value is -3.15. The number of primary sulfonamides is 1. The molecule has 0 heterocycles. The van der Waals surface area contributed by atoms with E-state index >= 15 is 0 Å². The van der Waals surface area contributed by atoms with Gasteiger partial charge in [-0.1, -0.05) is 66.7 Å². The fourth-order valence-corrected chi connectivity index (χ4v) is 3.83. The fourth-order valence-electron chi connectivity index (χ4n) is 3.07. The van der Waals surface area contributed by atoms with Crippen LogP contribution >= 0.6 is 0 Å². The van der Waals surface area contributed by atoms with Crippen LogP contribution < -0.4 is 9.88 Å². The summed E-state index contributed by atoms with van der Waals surface area (Å²) in [5.41, 5.74) is 1.32. The number of rotatable bonds is 4. The summed E-state index contributed by atoms with van der Waals surface area (Å²) in [5, 5.41) is 7.46. The third-order valence-corrected chi connectivity index (χ3v) is 5.31. The van der Waals surface area contributed by atoms with E-state index in [1.807, 2.05) is 66.7 Å². The molecule has 4 aromatic carbocycles. The molecule has 0 aromatic heterocycles. The Labute approximate surface area is 157 Å². The highest BCUT2D eigenvalue weighted by molar-refractivity contribution is 7.89. The third-order valence-electron chi connectivity index (χ3n) is 4.34. The molecule has 4 nitrogen and oxygen atoms in total. The fraction of sp³-hybridized carbons (Fsp3) is 0. The maximum Gasteiger partial charge on any atom is 0.238 e. The lowest BCUT2D eigenvalue weighted by molar-refractivity contribution is 0.488. The summed E-state index contributed by atoms with van der Waals surface area (Å²) in [6, 6.07) is 27.9. The summed E-state index contributed by atoms with van der Waals surface area (Å²) in [5.74, 6) is 1.44. The summed E-state index contributed by atoms with van der Waals surface area (Å²) >= 11 is 0. The molecule has 0 saturated heterocycles. The van der Waals surface area contributed by atoms with E-state index < -0.39 is 10.0 Å². The largest absolute Gasteiger partial charge is 0.457 e. The number of ether oxygens (including phenoxy) is 1. The van der Waals surface area contributed by atoms with Crippen molar-refractivity contribution in [2.24, 2.45) is 5.14 Å². The van der Waals surface area contributed by atoms with Gasteiger partial charge in [-0.05, 0) is 35.2 Å². The van der Waals surface area contributed by atoms with Crippen LogP contribution in [0.5, 0.6) is 11.5 Å². The molecule has 0 saturated carbocycles. The summed E-state index contributed by atoms with van der Waals surface area (Å²) < 4.78 is 29.7. The van der Waals surface area contributed by atoms with E-state index in [2.05, 4.69) is 0 Å². The first-order valence-electron chi connectivity index (χ1n) is 8.40. The topological polar surface area (TPSA) is 69.4 Å². The first-order valence-corrected chi connectivity index (χ1v) is 9.95. The quantitative estimate of drug-likeness (QED) is 0.549. The zero-order valence-electron chi connectivity index (χ0n) is 14.4. The number of sulfonamides is 1. The van der Waals surface area contributed by atoms with Gasteiger partial charge in [0.1, 0.15) is 11.5 Å². The Kier molecular flexibility index (Phi) is 4.39. The lowest BCUT2D eigenvalue weighted by Gasteiger charge is -2.11. The van der Waals surface area contributed by atoms with Gasteiger partial charge < -0.3 is 4.74 Å². The lowest BCUT2D eigenvalue weighted by Crippen LogP contribution is -2.13. The zero-order chi connectivity index (χ0) is 18.9. The van der Waals surface area contributed by atoms with Crippen LogP contribution in [-0.2, 0) is 10.0 Å². The van der Waals surface area contributed by atoms with Crippen LogP contribution in [0.25, 0.3) is 21.9 Å². The molecule has 5 heteroatoms. The van der Waals surface area contributed by atoms with Gasteiger partial charge in [0, 0.05) is 10.9 Å². The van der Waals surface area contributed by atoms with Crippen LogP contribution in [0, 0.1) is 0 Å². The summed E-state index contributed by atoms with van der Waals surface area (Å²) in [7, 11) is -3.80. The highest BCUT2D eigenvalue weighted by Crippen LogP contribution is 2.32. The minimum absolute atomic E-state index is 0.104. The van der Waals surface area contributed by atoms with Gasteiger partial charge in [-0.2, -0.15) is 0 Å². The first-order chi connectivity index (χ1) is 13.0. The van der Waals surface area contributed by atoms with Gasteiger partial charge in [0.2, 0.25) is 10.0 Å². The average molecular weight is 375 g/mol. The molecular weight excluding hydrogens is 358 g/mol. The maximum atomic E-state index is 11.8. The number of nitrogens with two attached hydrogens (primary N) is 1. The van der Waals surface area contributed by atoms with Crippen molar-refractivity contribution in [1.29, 1.82) is 0 Å². The molecule has 0 unspecified atom stereocenters. The first kappa shape index (κ1) is 17.3. The molecule has 4 rings (SSSR count). The lowest BCUT2D eigenvalue weighted by atomic mass is 10.1. The predicted octanol–water partition coefficient (Wildman–Crippen LogP) is 4.95. The highest BCUT2D eigenvalue weighted by atomic mass is 32.2. The van der Waals surface area contributed by atoms with Gasteiger partial charge in [-0.3, -0.25) is 0 Å². The minimum Gasteiger partial charge on any atom is -0.457 e. The van der Waals surface area contributed by atoms with E-state index in [0.29, 0.717) is 11.3 Å². The van der Waals surface area contributed by atoms with E-state index in [-0.39, 0.29) is 4.90 Å². The molecular formula is C22H17NO3S. The van der Waals surface area contributed by atoms with Crippen LogP contribution in [0.2, 0.25) is 0 Å². The molecule has 0 spiro atoms. The van der Waals surface area contributed by atoms with Crippen molar-refractivity contribution in [2.45, 2.75) is 4.90 Å². The SMILES string of the molecule is NS(=O)(=O)c1ccccc1-c1ccc(Oc2cccc3ccccc23)cc1. The van der Waals surface area contributed by atoms with Crippen molar-refractivity contribution >= 4 is 20.8 Å². The molecule has 27 heavy (non-hydrogen) atoms. The van der Waals surface area contributed by atoms with Gasteiger partial charge in [0.15, 0.2) is 0 Å². The molecule has 2 N–H and O–H groups in total. The van der Waals surface area contributed by atoms with Crippen molar-refractivity contribution in [3.8, 4) is 22.6 Å². The van der Waals surface area contributed by atoms with Crippen LogP contribution in [0.4, 0.5) is 0 Å². The number of benzene rings is 4. The molecule has 4 aromatic rings. The van der Waals surface area contributed by atoms with Crippen molar-refractivity contribution in [1.82, 2.24) is 0 Å². The van der Waals surface area contributed by atoms with Gasteiger partial charge in [-0.25, -0.2) is 13.6 Å². The predicted molar refractivity (Wildman–Crippen MR) is 107 cm³/mol. The third kappa shape index (κ3) is 3.56. The molecule has 0 amide bonds. The van der Waals surface area contributed by atoms with Crippen LogP contribution in [-0.4, -0.2) is 8.42 Å². The standard InChI is InChI=1S/C22H17NO3S/c23-27(24,25)22-11-4-3-9-20(22)17-12-14-18(15-13-17)26-21-10-5-7-16-6-1-2-8-19(16)21/h1-15H,(H2,23,24,25). The highest BCUT2D eigenvalue weighted by Gasteiger charge is 2.14. The molecule has 0 atom stereocenters. The van der Waals surface area contributed by atoms with Crippen LogP contribution in [0.15, 0.2) is 95.9 Å². The van der Waals surface area contributed by atoms with Gasteiger partial charge in [0.05, 0.1) is 4.90 Å². The van der Waals surface area contributed by atoms with Crippen LogP contribution in [0.1, 0.15) is 0 Å². The van der Waals surface area contributed by atoms with E-state index in [1.165, 1.54) is 6.07 Å². The van der Waals surface area contributed by atoms with Crippen molar-refractivity contribution in [3.05, 3.63) is 91.0 Å². The second kappa shape index (κ2) is 6.87. The molecule has 134 valence electrons. The molecule has 0 bridgehead atoms. The maximum absolute atomic E-state index is 11.8. The Balaban J connectivity index is 1.68.